The number of para-hydroxylation sites is 1. The van der Waals surface area contributed by atoms with Gasteiger partial charge in [-0.3, -0.25) is 0 Å². The SMILES string of the molecule is CCOc1ccccc1CNC(C)CO. The standard InChI is InChI=1S/C12H19NO2/c1-3-15-12-7-5-4-6-11(12)8-13-10(2)9-14/h4-7,10,13-14H,3,8-9H2,1-2H3. The van der Waals surface area contributed by atoms with Gasteiger partial charge in [-0.2, -0.15) is 0 Å². The summed E-state index contributed by atoms with van der Waals surface area (Å²) in [5.41, 5.74) is 1.12. The van der Waals surface area contributed by atoms with Crippen LogP contribution in [0.2, 0.25) is 0 Å². The highest BCUT2D eigenvalue weighted by Crippen LogP contribution is 2.17. The molecule has 0 aliphatic carbocycles. The van der Waals surface area contributed by atoms with Gasteiger partial charge in [0.1, 0.15) is 5.75 Å². The summed E-state index contributed by atoms with van der Waals surface area (Å²) >= 11 is 0. The Morgan fingerprint density at radius 2 is 2.13 bits per heavy atom. The molecule has 0 bridgehead atoms. The first-order valence-electron chi connectivity index (χ1n) is 5.32. The van der Waals surface area contributed by atoms with Crippen LogP contribution in [0.5, 0.6) is 5.75 Å². The average Bonchev–Trinajstić information content (AvgIpc) is 2.28. The lowest BCUT2D eigenvalue weighted by Gasteiger charge is -2.13. The molecule has 1 atom stereocenters. The van der Waals surface area contributed by atoms with Gasteiger partial charge >= 0.3 is 0 Å². The van der Waals surface area contributed by atoms with Crippen LogP contribution in [0.3, 0.4) is 0 Å². The van der Waals surface area contributed by atoms with Crippen LogP contribution in [-0.2, 0) is 6.54 Å². The van der Waals surface area contributed by atoms with Crippen molar-refractivity contribution >= 4 is 0 Å². The average molecular weight is 209 g/mol. The van der Waals surface area contributed by atoms with Crippen LogP contribution in [-0.4, -0.2) is 24.4 Å². The zero-order valence-electron chi connectivity index (χ0n) is 9.36. The molecule has 0 saturated carbocycles. The quantitative estimate of drug-likeness (QED) is 0.747. The molecule has 0 saturated heterocycles. The molecule has 0 aliphatic heterocycles. The van der Waals surface area contributed by atoms with E-state index in [0.29, 0.717) is 6.61 Å². The van der Waals surface area contributed by atoms with Crippen molar-refractivity contribution in [1.82, 2.24) is 5.32 Å². The highest BCUT2D eigenvalue weighted by Gasteiger charge is 2.03. The van der Waals surface area contributed by atoms with E-state index >= 15 is 0 Å². The Balaban J connectivity index is 2.58. The van der Waals surface area contributed by atoms with E-state index in [2.05, 4.69) is 5.32 Å². The van der Waals surface area contributed by atoms with Gasteiger partial charge in [0.15, 0.2) is 0 Å². The molecule has 15 heavy (non-hydrogen) atoms. The first-order chi connectivity index (χ1) is 7.27. The molecule has 0 aromatic heterocycles. The third-order valence-corrected chi connectivity index (χ3v) is 2.19. The minimum atomic E-state index is 0.111. The summed E-state index contributed by atoms with van der Waals surface area (Å²) in [6.45, 7) is 5.46. The van der Waals surface area contributed by atoms with Crippen molar-refractivity contribution in [1.29, 1.82) is 0 Å². The van der Waals surface area contributed by atoms with E-state index in [9.17, 15) is 0 Å². The first-order valence-corrected chi connectivity index (χ1v) is 5.32. The molecular formula is C12H19NO2. The van der Waals surface area contributed by atoms with Crippen LogP contribution >= 0.6 is 0 Å². The summed E-state index contributed by atoms with van der Waals surface area (Å²) in [4.78, 5) is 0. The Morgan fingerprint density at radius 1 is 1.40 bits per heavy atom. The zero-order chi connectivity index (χ0) is 11.1. The minimum absolute atomic E-state index is 0.111. The third kappa shape index (κ3) is 3.90. The van der Waals surface area contributed by atoms with Crippen molar-refractivity contribution in [3.63, 3.8) is 0 Å². The smallest absolute Gasteiger partial charge is 0.123 e. The van der Waals surface area contributed by atoms with Crippen molar-refractivity contribution in [2.24, 2.45) is 0 Å². The molecule has 2 N–H and O–H groups in total. The lowest BCUT2D eigenvalue weighted by atomic mass is 10.2. The van der Waals surface area contributed by atoms with E-state index in [1.807, 2.05) is 38.1 Å². The summed E-state index contributed by atoms with van der Waals surface area (Å²) < 4.78 is 5.50. The van der Waals surface area contributed by atoms with Gasteiger partial charge in [-0.15, -0.1) is 0 Å². The highest BCUT2D eigenvalue weighted by molar-refractivity contribution is 5.33. The third-order valence-electron chi connectivity index (χ3n) is 2.19. The lowest BCUT2D eigenvalue weighted by molar-refractivity contribution is 0.250. The summed E-state index contributed by atoms with van der Waals surface area (Å²) in [5, 5.41) is 12.1. The van der Waals surface area contributed by atoms with Crippen molar-refractivity contribution in [2.75, 3.05) is 13.2 Å². The number of benzene rings is 1. The molecule has 3 heteroatoms. The van der Waals surface area contributed by atoms with Crippen LogP contribution in [0, 0.1) is 0 Å². The number of aliphatic hydroxyl groups is 1. The largest absolute Gasteiger partial charge is 0.494 e. The zero-order valence-corrected chi connectivity index (χ0v) is 9.36. The lowest BCUT2D eigenvalue weighted by Crippen LogP contribution is -2.28. The van der Waals surface area contributed by atoms with Crippen molar-refractivity contribution in [2.45, 2.75) is 26.4 Å². The number of ether oxygens (including phenoxy) is 1. The van der Waals surface area contributed by atoms with Crippen molar-refractivity contribution in [3.8, 4) is 5.75 Å². The Labute approximate surface area is 91.1 Å². The Bertz CT molecular complexity index is 289. The van der Waals surface area contributed by atoms with Gasteiger partial charge in [0.2, 0.25) is 0 Å². The molecule has 0 amide bonds. The topological polar surface area (TPSA) is 41.5 Å². The molecule has 0 spiro atoms. The van der Waals surface area contributed by atoms with Gasteiger partial charge in [0.05, 0.1) is 13.2 Å². The number of rotatable bonds is 6. The van der Waals surface area contributed by atoms with E-state index in [4.69, 9.17) is 9.84 Å². The highest BCUT2D eigenvalue weighted by atomic mass is 16.5. The van der Waals surface area contributed by atoms with E-state index in [-0.39, 0.29) is 12.6 Å². The minimum Gasteiger partial charge on any atom is -0.494 e. The number of aliphatic hydroxyl groups excluding tert-OH is 1. The predicted molar refractivity (Wildman–Crippen MR) is 61.0 cm³/mol. The fraction of sp³-hybridized carbons (Fsp3) is 0.500. The molecule has 84 valence electrons. The normalized spacial score (nSPS) is 12.5. The Kier molecular flexibility index (Phi) is 5.15. The number of nitrogens with one attached hydrogen (secondary N) is 1. The summed E-state index contributed by atoms with van der Waals surface area (Å²) in [6, 6.07) is 8.05. The second kappa shape index (κ2) is 6.43. The van der Waals surface area contributed by atoms with Crippen LogP contribution in [0.15, 0.2) is 24.3 Å². The number of hydrogen-bond acceptors (Lipinski definition) is 3. The second-order valence-electron chi connectivity index (χ2n) is 3.51. The maximum atomic E-state index is 8.89. The van der Waals surface area contributed by atoms with E-state index in [1.54, 1.807) is 0 Å². The monoisotopic (exact) mass is 209 g/mol. The van der Waals surface area contributed by atoms with Crippen LogP contribution in [0.25, 0.3) is 0 Å². The first kappa shape index (κ1) is 12.0. The molecule has 0 aliphatic rings. The molecule has 1 aromatic rings. The van der Waals surface area contributed by atoms with Gasteiger partial charge in [0, 0.05) is 18.2 Å². The van der Waals surface area contributed by atoms with Crippen molar-refractivity contribution in [3.05, 3.63) is 29.8 Å². The Morgan fingerprint density at radius 3 is 2.80 bits per heavy atom. The van der Waals surface area contributed by atoms with Gasteiger partial charge < -0.3 is 15.2 Å². The summed E-state index contributed by atoms with van der Waals surface area (Å²) in [7, 11) is 0. The van der Waals surface area contributed by atoms with Gasteiger partial charge in [-0.05, 0) is 19.9 Å². The fourth-order valence-electron chi connectivity index (χ4n) is 1.29. The molecule has 1 aromatic carbocycles. The molecular weight excluding hydrogens is 190 g/mol. The maximum Gasteiger partial charge on any atom is 0.123 e. The maximum absolute atomic E-state index is 8.89. The molecule has 0 radical (unpaired) electrons. The van der Waals surface area contributed by atoms with Crippen molar-refractivity contribution < 1.29 is 9.84 Å². The van der Waals surface area contributed by atoms with Crippen LogP contribution in [0.1, 0.15) is 19.4 Å². The molecule has 1 unspecified atom stereocenters. The second-order valence-corrected chi connectivity index (χ2v) is 3.51. The molecule has 0 heterocycles. The van der Waals surface area contributed by atoms with Crippen LogP contribution in [0.4, 0.5) is 0 Å². The number of hydrogen-bond donors (Lipinski definition) is 2. The predicted octanol–water partition coefficient (Wildman–Crippen LogP) is 1.56. The van der Waals surface area contributed by atoms with E-state index in [0.717, 1.165) is 17.9 Å². The molecule has 0 fully saturated rings. The molecule has 3 nitrogen and oxygen atoms in total. The van der Waals surface area contributed by atoms with E-state index in [1.165, 1.54) is 0 Å². The van der Waals surface area contributed by atoms with Gasteiger partial charge in [-0.25, -0.2) is 0 Å². The summed E-state index contributed by atoms with van der Waals surface area (Å²) in [5.74, 6) is 0.914. The molecule has 1 rings (SSSR count). The fourth-order valence-corrected chi connectivity index (χ4v) is 1.29. The van der Waals surface area contributed by atoms with Gasteiger partial charge in [-0.1, -0.05) is 18.2 Å². The summed E-state index contributed by atoms with van der Waals surface area (Å²) in [6.07, 6.45) is 0. The van der Waals surface area contributed by atoms with Crippen LogP contribution < -0.4 is 10.1 Å². The Hall–Kier alpha value is -1.06. The van der Waals surface area contributed by atoms with Gasteiger partial charge in [0.25, 0.3) is 0 Å². The van der Waals surface area contributed by atoms with E-state index < -0.39 is 0 Å².